The third-order valence-corrected chi connectivity index (χ3v) is 7.19. The molecule has 4 rings (SSSR count). The molecule has 0 radical (unpaired) electrons. The van der Waals surface area contributed by atoms with E-state index in [1.165, 1.54) is 30.2 Å². The van der Waals surface area contributed by atoms with Crippen molar-refractivity contribution in [3.63, 3.8) is 0 Å². The van der Waals surface area contributed by atoms with Gasteiger partial charge < -0.3 is 14.8 Å². The summed E-state index contributed by atoms with van der Waals surface area (Å²) in [5.41, 5.74) is 0.349. The number of hydrogen-bond acceptors (Lipinski definition) is 9. The van der Waals surface area contributed by atoms with E-state index in [-0.39, 0.29) is 17.8 Å². The smallest absolute Gasteiger partial charge is 0.340 e. The number of amides is 1. The summed E-state index contributed by atoms with van der Waals surface area (Å²) in [4.78, 5) is 25.3. The third-order valence-electron chi connectivity index (χ3n) is 4.52. The standard InChI is InChI=1S/C19H20N4O4S3/c1-26-18(25)13-6-9-29-17(13)20-15(24)11-30-19-22-21-16(14-5-3-8-28-14)23(19)10-12-4-2-7-27-12/h3,5-6,8-9,12H,2,4,7,10-11H2,1H3,(H,20,24). The molecule has 1 unspecified atom stereocenters. The van der Waals surface area contributed by atoms with Crippen molar-refractivity contribution in [2.45, 2.75) is 30.6 Å². The zero-order valence-corrected chi connectivity index (χ0v) is 18.6. The lowest BCUT2D eigenvalue weighted by Gasteiger charge is -2.14. The highest BCUT2D eigenvalue weighted by Crippen LogP contribution is 2.29. The van der Waals surface area contributed by atoms with Gasteiger partial charge in [0.1, 0.15) is 5.00 Å². The number of methoxy groups -OCH3 is 1. The van der Waals surface area contributed by atoms with Gasteiger partial charge >= 0.3 is 5.97 Å². The van der Waals surface area contributed by atoms with Crippen LogP contribution in [0, 0.1) is 0 Å². The Kier molecular flexibility index (Phi) is 6.82. The van der Waals surface area contributed by atoms with Crippen molar-refractivity contribution in [1.82, 2.24) is 14.8 Å². The van der Waals surface area contributed by atoms with Crippen LogP contribution in [0.25, 0.3) is 10.7 Å². The highest BCUT2D eigenvalue weighted by atomic mass is 32.2. The number of thioether (sulfide) groups is 1. The second-order valence-electron chi connectivity index (χ2n) is 6.52. The molecule has 0 bridgehead atoms. The Bertz CT molecular complexity index is 1010. The minimum Gasteiger partial charge on any atom is -0.465 e. The van der Waals surface area contributed by atoms with E-state index in [0.717, 1.165) is 30.2 Å². The molecule has 1 aliphatic heterocycles. The van der Waals surface area contributed by atoms with Crippen molar-refractivity contribution in [2.75, 3.05) is 24.8 Å². The molecule has 3 aromatic rings. The van der Waals surface area contributed by atoms with E-state index >= 15 is 0 Å². The fraction of sp³-hybridized carbons (Fsp3) is 0.368. The molecule has 1 N–H and O–H groups in total. The number of nitrogens with zero attached hydrogens (tertiary/aromatic N) is 3. The Morgan fingerprint density at radius 2 is 2.23 bits per heavy atom. The third kappa shape index (κ3) is 4.75. The molecular formula is C19H20N4O4S3. The first-order valence-corrected chi connectivity index (χ1v) is 12.1. The molecule has 1 fully saturated rings. The topological polar surface area (TPSA) is 95.3 Å². The SMILES string of the molecule is COC(=O)c1ccsc1NC(=O)CSc1nnc(-c2cccs2)n1CC1CCCO1. The lowest BCUT2D eigenvalue weighted by molar-refractivity contribution is -0.113. The van der Waals surface area contributed by atoms with E-state index in [4.69, 9.17) is 9.47 Å². The first-order valence-electron chi connectivity index (χ1n) is 9.33. The lowest BCUT2D eigenvalue weighted by atomic mass is 10.2. The fourth-order valence-corrected chi connectivity index (χ4v) is 5.37. The summed E-state index contributed by atoms with van der Waals surface area (Å²) >= 11 is 4.19. The van der Waals surface area contributed by atoms with Gasteiger partial charge in [0.2, 0.25) is 5.91 Å². The minimum absolute atomic E-state index is 0.127. The first kappa shape index (κ1) is 21.0. The highest BCUT2D eigenvalue weighted by Gasteiger charge is 2.23. The molecule has 0 aliphatic carbocycles. The number of nitrogens with one attached hydrogen (secondary N) is 1. The van der Waals surface area contributed by atoms with Crippen molar-refractivity contribution in [3.05, 3.63) is 34.5 Å². The number of anilines is 1. The number of rotatable bonds is 8. The van der Waals surface area contributed by atoms with Gasteiger partial charge in [-0.15, -0.1) is 32.9 Å². The molecular weight excluding hydrogens is 444 g/mol. The van der Waals surface area contributed by atoms with Gasteiger partial charge in [0.15, 0.2) is 11.0 Å². The summed E-state index contributed by atoms with van der Waals surface area (Å²) in [6.45, 7) is 1.43. The molecule has 0 spiro atoms. The van der Waals surface area contributed by atoms with Gasteiger partial charge in [-0.3, -0.25) is 9.36 Å². The number of hydrogen-bond donors (Lipinski definition) is 1. The molecule has 8 nitrogen and oxygen atoms in total. The predicted molar refractivity (Wildman–Crippen MR) is 117 cm³/mol. The summed E-state index contributed by atoms with van der Waals surface area (Å²) in [5, 5.41) is 16.3. The monoisotopic (exact) mass is 464 g/mol. The number of aromatic nitrogens is 3. The Morgan fingerprint density at radius 3 is 2.97 bits per heavy atom. The summed E-state index contributed by atoms with van der Waals surface area (Å²) < 4.78 is 12.6. The van der Waals surface area contributed by atoms with Crippen LogP contribution in [0.3, 0.4) is 0 Å². The number of ether oxygens (including phenoxy) is 2. The van der Waals surface area contributed by atoms with E-state index in [1.807, 2.05) is 22.1 Å². The summed E-state index contributed by atoms with van der Waals surface area (Å²) in [5.74, 6) is 0.231. The number of carbonyl (C=O) groups is 2. The summed E-state index contributed by atoms with van der Waals surface area (Å²) in [7, 11) is 1.31. The maximum atomic E-state index is 12.5. The molecule has 158 valence electrons. The van der Waals surface area contributed by atoms with E-state index < -0.39 is 5.97 Å². The maximum absolute atomic E-state index is 12.5. The van der Waals surface area contributed by atoms with Crippen molar-refractivity contribution < 1.29 is 19.1 Å². The van der Waals surface area contributed by atoms with E-state index in [2.05, 4.69) is 15.5 Å². The van der Waals surface area contributed by atoms with Gasteiger partial charge in [-0.2, -0.15) is 0 Å². The van der Waals surface area contributed by atoms with E-state index in [9.17, 15) is 9.59 Å². The average molecular weight is 465 g/mol. The minimum atomic E-state index is -0.476. The molecule has 30 heavy (non-hydrogen) atoms. The Balaban J connectivity index is 1.46. The number of thiophene rings is 2. The molecule has 1 aliphatic rings. The van der Waals surface area contributed by atoms with Crippen LogP contribution < -0.4 is 5.32 Å². The van der Waals surface area contributed by atoms with E-state index in [1.54, 1.807) is 22.8 Å². The van der Waals surface area contributed by atoms with Crippen molar-refractivity contribution in [1.29, 1.82) is 0 Å². The first-order chi connectivity index (χ1) is 14.7. The highest BCUT2D eigenvalue weighted by molar-refractivity contribution is 7.99. The molecule has 1 atom stereocenters. The molecule has 11 heteroatoms. The Morgan fingerprint density at radius 1 is 1.33 bits per heavy atom. The van der Waals surface area contributed by atoms with Crippen LogP contribution in [0.4, 0.5) is 5.00 Å². The van der Waals surface area contributed by atoms with Gasteiger partial charge in [-0.1, -0.05) is 17.8 Å². The second-order valence-corrected chi connectivity index (χ2v) is 9.33. The molecule has 0 aromatic carbocycles. The summed E-state index contributed by atoms with van der Waals surface area (Å²) in [6.07, 6.45) is 2.18. The van der Waals surface area contributed by atoms with Crippen LogP contribution in [0.15, 0.2) is 34.1 Å². The largest absolute Gasteiger partial charge is 0.465 e. The van der Waals surface area contributed by atoms with Gasteiger partial charge in [0.05, 0.1) is 36.0 Å². The van der Waals surface area contributed by atoms with Crippen LogP contribution in [0.2, 0.25) is 0 Å². The zero-order valence-electron chi connectivity index (χ0n) is 16.2. The zero-order chi connectivity index (χ0) is 20.9. The van der Waals surface area contributed by atoms with E-state index in [0.29, 0.717) is 22.3 Å². The normalized spacial score (nSPS) is 16.0. The van der Waals surface area contributed by atoms with Crippen molar-refractivity contribution >= 4 is 51.3 Å². The van der Waals surface area contributed by atoms with Gasteiger partial charge in [0.25, 0.3) is 0 Å². The predicted octanol–water partition coefficient (Wildman–Crippen LogP) is 3.76. The van der Waals surface area contributed by atoms with Crippen LogP contribution in [0.1, 0.15) is 23.2 Å². The Hall–Kier alpha value is -2.21. The Labute approximate surface area is 185 Å². The van der Waals surface area contributed by atoms with Gasteiger partial charge in [0, 0.05) is 6.61 Å². The number of carbonyl (C=O) groups excluding carboxylic acids is 2. The quantitative estimate of drug-likeness (QED) is 0.400. The van der Waals surface area contributed by atoms with Crippen LogP contribution >= 0.6 is 34.4 Å². The second kappa shape index (κ2) is 9.73. The summed E-state index contributed by atoms with van der Waals surface area (Å²) in [6, 6.07) is 5.61. The molecule has 1 saturated heterocycles. The van der Waals surface area contributed by atoms with Crippen LogP contribution in [0.5, 0.6) is 0 Å². The average Bonchev–Trinajstić information content (AvgIpc) is 3.53. The van der Waals surface area contributed by atoms with Crippen molar-refractivity contribution in [3.8, 4) is 10.7 Å². The molecule has 4 heterocycles. The van der Waals surface area contributed by atoms with Gasteiger partial charge in [-0.05, 0) is 35.7 Å². The molecule has 1 amide bonds. The molecule has 3 aromatic heterocycles. The number of esters is 1. The molecule has 0 saturated carbocycles. The van der Waals surface area contributed by atoms with Gasteiger partial charge in [-0.25, -0.2) is 4.79 Å². The van der Waals surface area contributed by atoms with Crippen molar-refractivity contribution in [2.24, 2.45) is 0 Å². The maximum Gasteiger partial charge on any atom is 0.340 e. The van der Waals surface area contributed by atoms with Crippen LogP contribution in [-0.4, -0.2) is 52.2 Å². The van der Waals surface area contributed by atoms with Crippen LogP contribution in [-0.2, 0) is 20.8 Å². The fourth-order valence-electron chi connectivity index (χ4n) is 3.11. The lowest BCUT2D eigenvalue weighted by Crippen LogP contribution is -2.18.